The molecular formula is C26H32ClN3. The van der Waals surface area contributed by atoms with Crippen molar-refractivity contribution in [2.24, 2.45) is 0 Å². The Kier molecular flexibility index (Phi) is 8.08. The van der Waals surface area contributed by atoms with Crippen LogP contribution >= 0.6 is 0 Å². The van der Waals surface area contributed by atoms with Crippen LogP contribution in [0.1, 0.15) is 23.6 Å². The highest BCUT2D eigenvalue weighted by atomic mass is 35.5. The molecule has 1 N–H and O–H groups in total. The Bertz CT molecular complexity index is 987. The molecule has 0 aliphatic heterocycles. The Hall–Kier alpha value is -2.78. The molecule has 0 saturated heterocycles. The van der Waals surface area contributed by atoms with E-state index in [2.05, 4.69) is 124 Å². The highest BCUT2D eigenvalue weighted by Gasteiger charge is 2.14. The van der Waals surface area contributed by atoms with Crippen LogP contribution in [0.3, 0.4) is 0 Å². The van der Waals surface area contributed by atoms with E-state index in [1.54, 1.807) is 0 Å². The third-order valence-corrected chi connectivity index (χ3v) is 5.23. The van der Waals surface area contributed by atoms with Gasteiger partial charge in [-0.3, -0.25) is 0 Å². The van der Waals surface area contributed by atoms with Crippen molar-refractivity contribution in [3.8, 4) is 0 Å². The minimum atomic E-state index is 0. The highest BCUT2D eigenvalue weighted by Crippen LogP contribution is 2.32. The van der Waals surface area contributed by atoms with Crippen molar-refractivity contribution in [1.82, 2.24) is 0 Å². The molecule has 3 rings (SSSR count). The smallest absolute Gasteiger partial charge is 0.199 e. The van der Waals surface area contributed by atoms with Crippen molar-refractivity contribution in [3.63, 3.8) is 0 Å². The van der Waals surface area contributed by atoms with Gasteiger partial charge >= 0.3 is 0 Å². The lowest BCUT2D eigenvalue weighted by atomic mass is 9.89. The summed E-state index contributed by atoms with van der Waals surface area (Å²) in [5.74, 6) is 0. The maximum atomic E-state index is 3.44. The lowest BCUT2D eigenvalue weighted by molar-refractivity contribution is -0.462. The third kappa shape index (κ3) is 5.22. The number of aryl methyl sites for hydroxylation is 1. The van der Waals surface area contributed by atoms with Gasteiger partial charge in [-0.25, -0.2) is 4.58 Å². The van der Waals surface area contributed by atoms with E-state index in [0.717, 1.165) is 6.54 Å². The van der Waals surface area contributed by atoms with E-state index in [1.165, 1.54) is 44.9 Å². The van der Waals surface area contributed by atoms with Crippen molar-refractivity contribution in [2.75, 3.05) is 45.0 Å². The van der Waals surface area contributed by atoms with Gasteiger partial charge < -0.3 is 22.6 Å². The van der Waals surface area contributed by atoms with Gasteiger partial charge in [-0.05, 0) is 78.1 Å². The molecule has 0 unspecified atom stereocenters. The molecule has 158 valence electrons. The van der Waals surface area contributed by atoms with Gasteiger partial charge in [0.15, 0.2) is 5.71 Å². The van der Waals surface area contributed by atoms with Gasteiger partial charge in [0.1, 0.15) is 14.1 Å². The zero-order valence-electron chi connectivity index (χ0n) is 18.8. The van der Waals surface area contributed by atoms with E-state index in [4.69, 9.17) is 0 Å². The number of nitrogens with zero attached hydrogens (tertiary/aromatic N) is 2. The number of rotatable bonds is 5. The van der Waals surface area contributed by atoms with E-state index < -0.39 is 0 Å². The molecule has 0 spiro atoms. The summed E-state index contributed by atoms with van der Waals surface area (Å²) in [7, 11) is 8.29. The highest BCUT2D eigenvalue weighted by molar-refractivity contribution is 6.04. The van der Waals surface area contributed by atoms with Crippen LogP contribution in [0.25, 0.3) is 5.57 Å². The molecule has 0 fully saturated rings. The molecule has 30 heavy (non-hydrogen) atoms. The summed E-state index contributed by atoms with van der Waals surface area (Å²) in [5.41, 5.74) is 9.81. The van der Waals surface area contributed by atoms with Gasteiger partial charge in [0.2, 0.25) is 0 Å². The van der Waals surface area contributed by atoms with Crippen LogP contribution in [0.4, 0.5) is 11.4 Å². The Morgan fingerprint density at radius 2 is 1.50 bits per heavy atom. The summed E-state index contributed by atoms with van der Waals surface area (Å²) in [5, 5.41) is 3.44. The van der Waals surface area contributed by atoms with Crippen LogP contribution in [0.5, 0.6) is 0 Å². The second-order valence-corrected chi connectivity index (χ2v) is 7.82. The Morgan fingerprint density at radius 3 is 2.00 bits per heavy atom. The first kappa shape index (κ1) is 23.5. The van der Waals surface area contributed by atoms with Gasteiger partial charge in [-0.15, -0.1) is 0 Å². The molecule has 0 atom stereocenters. The standard InChI is InChI=1S/C26H31N3.ClH/c1-7-27-25-17-12-22(18-19(25)2)26(20-8-13-23(14-9-20)28(3)4)21-10-15-24(16-11-21)29(5)6;/h8-18H,7H2,1-6H3;1H. The molecular weight excluding hydrogens is 390 g/mol. The zero-order valence-corrected chi connectivity index (χ0v) is 19.6. The molecule has 0 aromatic heterocycles. The fourth-order valence-corrected chi connectivity index (χ4v) is 3.56. The molecule has 0 heterocycles. The largest absolute Gasteiger partial charge is 1.00 e. The summed E-state index contributed by atoms with van der Waals surface area (Å²) in [6.45, 7) is 5.22. The van der Waals surface area contributed by atoms with Crippen molar-refractivity contribution in [1.29, 1.82) is 0 Å². The number of halogens is 1. The number of nitrogens with one attached hydrogen (secondary N) is 1. The van der Waals surface area contributed by atoms with Crippen molar-refractivity contribution in [3.05, 3.63) is 89.0 Å². The van der Waals surface area contributed by atoms with Crippen LogP contribution in [-0.4, -0.2) is 45.0 Å². The first-order valence-electron chi connectivity index (χ1n) is 10.2. The lowest BCUT2D eigenvalue weighted by Crippen LogP contribution is -3.00. The minimum absolute atomic E-state index is 0. The summed E-state index contributed by atoms with van der Waals surface area (Å²) in [6, 6.07) is 15.5. The molecule has 0 amide bonds. The number of hydrogen-bond donors (Lipinski definition) is 1. The van der Waals surface area contributed by atoms with Crippen LogP contribution < -0.4 is 22.6 Å². The number of benzene rings is 2. The molecule has 0 radical (unpaired) electrons. The number of allylic oxidation sites excluding steroid dienone is 5. The quantitative estimate of drug-likeness (QED) is 0.745. The average molecular weight is 422 g/mol. The summed E-state index contributed by atoms with van der Waals surface area (Å²) in [4.78, 5) is 2.13. The summed E-state index contributed by atoms with van der Waals surface area (Å²) >= 11 is 0. The molecule has 0 bridgehead atoms. The summed E-state index contributed by atoms with van der Waals surface area (Å²) in [6.07, 6.45) is 8.81. The molecule has 2 aromatic rings. The topological polar surface area (TPSA) is 18.3 Å². The van der Waals surface area contributed by atoms with E-state index in [1.807, 2.05) is 0 Å². The molecule has 1 aliphatic carbocycles. The van der Waals surface area contributed by atoms with E-state index in [-0.39, 0.29) is 12.4 Å². The molecule has 0 saturated carbocycles. The average Bonchev–Trinajstić information content (AvgIpc) is 2.71. The van der Waals surface area contributed by atoms with Gasteiger partial charge in [0, 0.05) is 44.2 Å². The van der Waals surface area contributed by atoms with E-state index in [0.29, 0.717) is 0 Å². The maximum absolute atomic E-state index is 3.44. The van der Waals surface area contributed by atoms with Crippen molar-refractivity contribution >= 4 is 22.7 Å². The third-order valence-electron chi connectivity index (χ3n) is 5.23. The SMILES string of the molecule is CCNc1ccc(C(=C2C=CC(=[N+](C)C)C=C2)c2ccc(N(C)C)cc2)cc1C.[Cl-]. The van der Waals surface area contributed by atoms with Gasteiger partial charge in [-0.1, -0.05) is 18.2 Å². The normalized spacial score (nSPS) is 12.5. The van der Waals surface area contributed by atoms with E-state index in [9.17, 15) is 0 Å². The monoisotopic (exact) mass is 421 g/mol. The first-order valence-corrected chi connectivity index (χ1v) is 10.2. The number of hydrogen-bond acceptors (Lipinski definition) is 2. The van der Waals surface area contributed by atoms with Crippen LogP contribution in [0, 0.1) is 6.92 Å². The van der Waals surface area contributed by atoms with Gasteiger partial charge in [0.25, 0.3) is 0 Å². The van der Waals surface area contributed by atoms with Crippen molar-refractivity contribution in [2.45, 2.75) is 13.8 Å². The molecule has 2 aromatic carbocycles. The van der Waals surface area contributed by atoms with Crippen LogP contribution in [0.15, 0.2) is 72.3 Å². The van der Waals surface area contributed by atoms with E-state index >= 15 is 0 Å². The zero-order chi connectivity index (χ0) is 21.0. The summed E-state index contributed by atoms with van der Waals surface area (Å²) < 4.78 is 2.13. The Balaban J connectivity index is 0.00000320. The molecule has 1 aliphatic rings. The van der Waals surface area contributed by atoms with Crippen molar-refractivity contribution < 1.29 is 17.0 Å². The Labute approximate surface area is 187 Å². The van der Waals surface area contributed by atoms with Gasteiger partial charge in [-0.2, -0.15) is 0 Å². The predicted molar refractivity (Wildman–Crippen MR) is 128 cm³/mol. The predicted octanol–water partition coefficient (Wildman–Crippen LogP) is 2.14. The molecule has 4 heteroatoms. The van der Waals surface area contributed by atoms with Gasteiger partial charge in [0.05, 0.1) is 0 Å². The number of anilines is 2. The fourth-order valence-electron chi connectivity index (χ4n) is 3.56. The van der Waals surface area contributed by atoms with Crippen LogP contribution in [-0.2, 0) is 0 Å². The minimum Gasteiger partial charge on any atom is -1.00 e. The fraction of sp³-hybridized carbons (Fsp3) is 0.269. The Morgan fingerprint density at radius 1 is 0.900 bits per heavy atom. The second kappa shape index (κ2) is 10.3. The molecule has 3 nitrogen and oxygen atoms in total. The van der Waals surface area contributed by atoms with Crippen LogP contribution in [0.2, 0.25) is 0 Å². The second-order valence-electron chi connectivity index (χ2n) is 7.82. The maximum Gasteiger partial charge on any atom is 0.199 e. The lowest BCUT2D eigenvalue weighted by Gasteiger charge is -2.18. The first-order chi connectivity index (χ1) is 13.9.